The molecule has 1 heterocycles. The van der Waals surface area contributed by atoms with Crippen LogP contribution in [-0.4, -0.2) is 36.1 Å². The van der Waals surface area contributed by atoms with E-state index in [-0.39, 0.29) is 35.9 Å². The van der Waals surface area contributed by atoms with Crippen molar-refractivity contribution >= 4 is 13.2 Å². The molecule has 5 nitrogen and oxygen atoms in total. The lowest BCUT2D eigenvalue weighted by Crippen LogP contribution is -2.65. The third-order valence-corrected chi connectivity index (χ3v) is 6.50. The highest BCUT2D eigenvalue weighted by atomic mass is 16.7. The van der Waals surface area contributed by atoms with Crippen LogP contribution in [-0.2, 0) is 14.0 Å². The number of hydrogen-bond acceptors (Lipinski definition) is 4. The van der Waals surface area contributed by atoms with E-state index >= 15 is 0 Å². The topological polar surface area (TPSA) is 56.8 Å². The summed E-state index contributed by atoms with van der Waals surface area (Å²) in [4.78, 5) is 12.1. The molecule has 3 aliphatic rings. The fourth-order valence-corrected chi connectivity index (χ4v) is 4.21. The first-order chi connectivity index (χ1) is 10.9. The molecule has 2 saturated carbocycles. The molecule has 6 heteroatoms. The molecule has 2 aliphatic carbocycles. The molecule has 136 valence electrons. The fourth-order valence-electron chi connectivity index (χ4n) is 4.21. The van der Waals surface area contributed by atoms with Gasteiger partial charge in [-0.25, -0.2) is 4.79 Å². The molecule has 3 fully saturated rings. The summed E-state index contributed by atoms with van der Waals surface area (Å²) in [6.07, 6.45) is 4.05. The molecule has 3 rings (SSSR count). The van der Waals surface area contributed by atoms with E-state index in [4.69, 9.17) is 14.0 Å². The lowest BCUT2D eigenvalue weighted by Gasteiger charge is -2.61. The van der Waals surface area contributed by atoms with Gasteiger partial charge in [0.1, 0.15) is 5.60 Å². The number of ether oxygens (including phenoxy) is 1. The van der Waals surface area contributed by atoms with Crippen molar-refractivity contribution in [3.63, 3.8) is 0 Å². The molecule has 2 atom stereocenters. The van der Waals surface area contributed by atoms with Crippen LogP contribution in [0.15, 0.2) is 0 Å². The molecule has 0 aromatic carbocycles. The first-order valence-corrected chi connectivity index (χ1v) is 9.21. The largest absolute Gasteiger partial charge is 0.461 e. The van der Waals surface area contributed by atoms with Gasteiger partial charge in [0, 0.05) is 11.9 Å². The smallest absolute Gasteiger partial charge is 0.444 e. The van der Waals surface area contributed by atoms with Gasteiger partial charge in [-0.2, -0.15) is 0 Å². The Labute approximate surface area is 146 Å². The zero-order valence-corrected chi connectivity index (χ0v) is 16.2. The standard InChI is InChI=1S/C18H32BNO4/c1-15(2,3)22-14(21)20-13-11-12(18(13)9-8-10-18)19-23-16(4,5)17(6,7)24-19/h12-13H,8-11H2,1-7H3,(H,20,21). The third kappa shape index (κ3) is 2.86. The number of carbonyl (C=O) groups excluding carboxylic acids is 1. The molecule has 0 radical (unpaired) electrons. The van der Waals surface area contributed by atoms with E-state index in [1.807, 2.05) is 20.8 Å². The quantitative estimate of drug-likeness (QED) is 0.776. The molecule has 1 N–H and O–H groups in total. The minimum absolute atomic E-state index is 0.123. The van der Waals surface area contributed by atoms with Crippen molar-refractivity contribution in [1.82, 2.24) is 5.32 Å². The average molecular weight is 337 g/mol. The molecular formula is C18H32BNO4. The van der Waals surface area contributed by atoms with Crippen LogP contribution in [0.5, 0.6) is 0 Å². The molecule has 1 aliphatic heterocycles. The molecule has 1 spiro atoms. The molecule has 0 aromatic rings. The van der Waals surface area contributed by atoms with E-state index in [0.717, 1.165) is 19.3 Å². The molecule has 24 heavy (non-hydrogen) atoms. The average Bonchev–Trinajstić information content (AvgIpc) is 2.48. The highest BCUT2D eigenvalue weighted by Crippen LogP contribution is 2.65. The van der Waals surface area contributed by atoms with E-state index in [9.17, 15) is 4.79 Å². The van der Waals surface area contributed by atoms with Crippen LogP contribution in [0.1, 0.15) is 74.1 Å². The maximum Gasteiger partial charge on any atom is 0.461 e. The SMILES string of the molecule is CC(C)(C)OC(=O)NC1CC(B2OC(C)(C)C(C)(C)O2)C12CCC2. The Morgan fingerprint density at radius 1 is 1.12 bits per heavy atom. The van der Waals surface area contributed by atoms with E-state index in [1.54, 1.807) is 0 Å². The number of rotatable bonds is 2. The first kappa shape index (κ1) is 18.1. The predicted molar refractivity (Wildman–Crippen MR) is 93.9 cm³/mol. The summed E-state index contributed by atoms with van der Waals surface area (Å²) >= 11 is 0. The Kier molecular flexibility index (Phi) is 4.04. The number of alkyl carbamates (subject to hydrolysis) is 1. The van der Waals surface area contributed by atoms with Crippen molar-refractivity contribution in [2.45, 2.75) is 103 Å². The van der Waals surface area contributed by atoms with Gasteiger partial charge in [-0.05, 0) is 73.1 Å². The van der Waals surface area contributed by atoms with Crippen molar-refractivity contribution in [3.05, 3.63) is 0 Å². The zero-order chi connectivity index (χ0) is 18.0. The Morgan fingerprint density at radius 3 is 2.08 bits per heavy atom. The summed E-state index contributed by atoms with van der Waals surface area (Å²) in [7, 11) is -0.174. The summed E-state index contributed by atoms with van der Waals surface area (Å²) in [5.41, 5.74) is -0.942. The Hall–Kier alpha value is -0.745. The van der Waals surface area contributed by atoms with E-state index in [0.29, 0.717) is 5.82 Å². The normalized spacial score (nSPS) is 32.9. The zero-order valence-electron chi connectivity index (χ0n) is 16.2. The Balaban J connectivity index is 1.64. The van der Waals surface area contributed by atoms with Gasteiger partial charge < -0.3 is 19.4 Å². The molecule has 1 amide bonds. The second-order valence-electron chi connectivity index (χ2n) is 9.75. The monoisotopic (exact) mass is 337 g/mol. The van der Waals surface area contributed by atoms with Crippen LogP contribution in [0.25, 0.3) is 0 Å². The van der Waals surface area contributed by atoms with Gasteiger partial charge in [-0.1, -0.05) is 6.42 Å². The Morgan fingerprint density at radius 2 is 1.67 bits per heavy atom. The lowest BCUT2D eigenvalue weighted by atomic mass is 9.37. The fraction of sp³-hybridized carbons (Fsp3) is 0.944. The van der Waals surface area contributed by atoms with Crippen molar-refractivity contribution in [2.75, 3.05) is 0 Å². The third-order valence-electron chi connectivity index (χ3n) is 6.50. The van der Waals surface area contributed by atoms with Gasteiger partial charge in [0.05, 0.1) is 11.2 Å². The number of amides is 1. The molecule has 0 bridgehead atoms. The minimum Gasteiger partial charge on any atom is -0.444 e. The Bertz CT molecular complexity index is 506. The van der Waals surface area contributed by atoms with Crippen LogP contribution in [0, 0.1) is 5.41 Å². The molecular weight excluding hydrogens is 305 g/mol. The van der Waals surface area contributed by atoms with E-state index in [1.165, 1.54) is 6.42 Å². The second-order valence-corrected chi connectivity index (χ2v) is 9.75. The van der Waals surface area contributed by atoms with Crippen LogP contribution in [0.2, 0.25) is 5.82 Å². The first-order valence-electron chi connectivity index (χ1n) is 9.21. The van der Waals surface area contributed by atoms with E-state index < -0.39 is 5.60 Å². The summed E-state index contributed by atoms with van der Waals surface area (Å²) in [6.45, 7) is 14.0. The second kappa shape index (κ2) is 5.37. The highest BCUT2D eigenvalue weighted by molar-refractivity contribution is 6.48. The van der Waals surface area contributed by atoms with Crippen LogP contribution in [0.3, 0.4) is 0 Å². The van der Waals surface area contributed by atoms with Crippen LogP contribution >= 0.6 is 0 Å². The maximum absolute atomic E-state index is 12.1. The summed E-state index contributed by atoms with van der Waals surface area (Å²) in [6, 6.07) is 0.171. The minimum atomic E-state index is -0.467. The summed E-state index contributed by atoms with van der Waals surface area (Å²) in [5.74, 6) is 0.354. The maximum atomic E-state index is 12.1. The van der Waals surface area contributed by atoms with Gasteiger partial charge in [0.15, 0.2) is 0 Å². The van der Waals surface area contributed by atoms with Gasteiger partial charge >= 0.3 is 13.2 Å². The molecule has 2 unspecified atom stereocenters. The van der Waals surface area contributed by atoms with Crippen molar-refractivity contribution in [3.8, 4) is 0 Å². The van der Waals surface area contributed by atoms with Gasteiger partial charge in [-0.3, -0.25) is 0 Å². The van der Waals surface area contributed by atoms with E-state index in [2.05, 4.69) is 33.0 Å². The van der Waals surface area contributed by atoms with Crippen LogP contribution in [0.4, 0.5) is 4.79 Å². The summed E-state index contributed by atoms with van der Waals surface area (Å²) in [5, 5.41) is 3.09. The van der Waals surface area contributed by atoms with Crippen molar-refractivity contribution in [1.29, 1.82) is 0 Å². The van der Waals surface area contributed by atoms with Crippen LogP contribution < -0.4 is 5.32 Å². The highest BCUT2D eigenvalue weighted by Gasteiger charge is 2.67. The van der Waals surface area contributed by atoms with Gasteiger partial charge in [-0.15, -0.1) is 0 Å². The van der Waals surface area contributed by atoms with Crippen molar-refractivity contribution < 1.29 is 18.8 Å². The summed E-state index contributed by atoms with van der Waals surface area (Å²) < 4.78 is 18.0. The lowest BCUT2D eigenvalue weighted by molar-refractivity contribution is -0.0366. The number of nitrogens with one attached hydrogen (secondary N) is 1. The molecule has 0 aromatic heterocycles. The van der Waals surface area contributed by atoms with Crippen molar-refractivity contribution in [2.24, 2.45) is 5.41 Å². The number of carbonyl (C=O) groups is 1. The van der Waals surface area contributed by atoms with Gasteiger partial charge in [0.25, 0.3) is 0 Å². The molecule has 1 saturated heterocycles. The predicted octanol–water partition coefficient (Wildman–Crippen LogP) is 3.92. The number of hydrogen-bond donors (Lipinski definition) is 1. The van der Waals surface area contributed by atoms with Gasteiger partial charge in [0.2, 0.25) is 0 Å².